The van der Waals surface area contributed by atoms with Crippen LogP contribution < -0.4 is 5.32 Å². The van der Waals surface area contributed by atoms with Crippen LogP contribution in [0.2, 0.25) is 0 Å². The van der Waals surface area contributed by atoms with E-state index >= 15 is 0 Å². The summed E-state index contributed by atoms with van der Waals surface area (Å²) >= 11 is 6.43. The largest absolute Gasteiger partial charge is 0.481 e. The van der Waals surface area contributed by atoms with Crippen molar-refractivity contribution in [3.63, 3.8) is 0 Å². The number of anilines is 1. The number of hydrogen-bond donors (Lipinski definition) is 2. The minimum Gasteiger partial charge on any atom is -0.481 e. The third-order valence-corrected chi connectivity index (χ3v) is 4.11. The van der Waals surface area contributed by atoms with E-state index in [0.717, 1.165) is 10.7 Å². The van der Waals surface area contributed by atoms with Crippen LogP contribution in [0.25, 0.3) is 0 Å². The Morgan fingerprint density at radius 1 is 1.22 bits per heavy atom. The monoisotopic (exact) mass is 587 g/mol. The van der Waals surface area contributed by atoms with Crippen molar-refractivity contribution in [1.29, 1.82) is 0 Å². The molecular formula is C10H8I3NO4. The smallest absolute Gasteiger partial charge is 0.411 e. The molecular weight excluding hydrogens is 579 g/mol. The molecule has 8 heteroatoms. The highest BCUT2D eigenvalue weighted by Gasteiger charge is 2.11. The van der Waals surface area contributed by atoms with Crippen LogP contribution in [0.4, 0.5) is 10.5 Å². The van der Waals surface area contributed by atoms with Crippen LogP contribution in [0.3, 0.4) is 0 Å². The van der Waals surface area contributed by atoms with E-state index in [2.05, 4.69) is 73.1 Å². The molecule has 0 radical (unpaired) electrons. The Morgan fingerprint density at radius 3 is 2.28 bits per heavy atom. The van der Waals surface area contributed by atoms with Crippen LogP contribution in [0.15, 0.2) is 12.1 Å². The predicted molar refractivity (Wildman–Crippen MR) is 91.8 cm³/mol. The van der Waals surface area contributed by atoms with Crippen molar-refractivity contribution in [3.8, 4) is 0 Å². The molecule has 0 unspecified atom stereocenters. The Morgan fingerprint density at radius 2 is 1.78 bits per heavy atom. The van der Waals surface area contributed by atoms with E-state index < -0.39 is 12.1 Å². The summed E-state index contributed by atoms with van der Waals surface area (Å²) in [6.07, 6.45) is -0.845. The number of aliphatic carboxylic acids is 1. The van der Waals surface area contributed by atoms with E-state index in [9.17, 15) is 9.59 Å². The standard InChI is InChI=1S/C10H8I3NO4/c11-5-3-6(12)9(7(13)4-5)14-10(17)18-2-1-8(15)16/h3-4H,1-2H2,(H,14,17)(H,15,16). The third kappa shape index (κ3) is 5.42. The summed E-state index contributed by atoms with van der Waals surface area (Å²) in [5.74, 6) is -0.999. The normalized spacial score (nSPS) is 9.94. The van der Waals surface area contributed by atoms with Crippen LogP contribution in [-0.4, -0.2) is 23.8 Å². The first kappa shape index (κ1) is 16.2. The van der Waals surface area contributed by atoms with Crippen molar-refractivity contribution in [1.82, 2.24) is 0 Å². The summed E-state index contributed by atoms with van der Waals surface area (Å²) in [4.78, 5) is 21.7. The second kappa shape index (κ2) is 7.67. The highest BCUT2D eigenvalue weighted by atomic mass is 127. The summed E-state index contributed by atoms with van der Waals surface area (Å²) in [7, 11) is 0. The van der Waals surface area contributed by atoms with E-state index in [0.29, 0.717) is 5.69 Å². The zero-order chi connectivity index (χ0) is 13.7. The second-order valence-electron chi connectivity index (χ2n) is 3.15. The topological polar surface area (TPSA) is 75.6 Å². The van der Waals surface area contributed by atoms with Gasteiger partial charge in [0.25, 0.3) is 0 Å². The average molecular weight is 587 g/mol. The molecule has 0 heterocycles. The number of halogens is 3. The van der Waals surface area contributed by atoms with Crippen molar-refractivity contribution in [2.24, 2.45) is 0 Å². The fourth-order valence-electron chi connectivity index (χ4n) is 1.03. The molecule has 1 aromatic carbocycles. The molecule has 98 valence electrons. The second-order valence-corrected chi connectivity index (χ2v) is 6.72. The minimum atomic E-state index is -0.999. The molecule has 1 aromatic rings. The van der Waals surface area contributed by atoms with E-state index in [1.807, 2.05) is 12.1 Å². The minimum absolute atomic E-state index is 0.140. The maximum atomic E-state index is 11.4. The Balaban J connectivity index is 2.62. The molecule has 18 heavy (non-hydrogen) atoms. The number of carbonyl (C=O) groups excluding carboxylic acids is 1. The van der Waals surface area contributed by atoms with Gasteiger partial charge in [0.2, 0.25) is 0 Å². The van der Waals surface area contributed by atoms with Gasteiger partial charge in [-0.05, 0) is 79.9 Å². The number of nitrogens with one attached hydrogen (secondary N) is 1. The highest BCUT2D eigenvalue weighted by Crippen LogP contribution is 2.27. The fraction of sp³-hybridized carbons (Fsp3) is 0.200. The molecule has 0 atom stereocenters. The molecule has 0 saturated carbocycles. The first-order valence-corrected chi connectivity index (χ1v) is 7.94. The quantitative estimate of drug-likeness (QED) is 0.530. The number of carboxylic acid groups (broad SMARTS) is 1. The first-order chi connectivity index (χ1) is 8.40. The maximum Gasteiger partial charge on any atom is 0.411 e. The Labute approximate surface area is 144 Å². The van der Waals surface area contributed by atoms with Gasteiger partial charge in [-0.25, -0.2) is 4.79 Å². The van der Waals surface area contributed by atoms with Gasteiger partial charge >= 0.3 is 12.1 Å². The van der Waals surface area contributed by atoms with Gasteiger partial charge in [-0.15, -0.1) is 0 Å². The van der Waals surface area contributed by atoms with Crippen molar-refractivity contribution in [2.75, 3.05) is 11.9 Å². The molecule has 1 rings (SSSR count). The van der Waals surface area contributed by atoms with Gasteiger partial charge in [0, 0.05) is 10.7 Å². The molecule has 0 aliphatic carbocycles. The van der Waals surface area contributed by atoms with Gasteiger partial charge < -0.3 is 9.84 Å². The average Bonchev–Trinajstić information content (AvgIpc) is 2.22. The maximum absolute atomic E-state index is 11.4. The molecule has 0 aromatic heterocycles. The Bertz CT molecular complexity index is 455. The van der Waals surface area contributed by atoms with Gasteiger partial charge in [-0.3, -0.25) is 10.1 Å². The zero-order valence-electron chi connectivity index (χ0n) is 8.87. The molecule has 0 saturated heterocycles. The lowest BCUT2D eigenvalue weighted by atomic mass is 10.3. The molecule has 2 N–H and O–H groups in total. The fourth-order valence-corrected chi connectivity index (χ4v) is 4.88. The van der Waals surface area contributed by atoms with Crippen LogP contribution in [0.1, 0.15) is 6.42 Å². The Kier molecular flexibility index (Phi) is 6.90. The van der Waals surface area contributed by atoms with Crippen molar-refractivity contribution in [3.05, 3.63) is 22.8 Å². The summed E-state index contributed by atoms with van der Waals surface area (Å²) in [5.41, 5.74) is 0.678. The molecule has 0 spiro atoms. The van der Waals surface area contributed by atoms with Crippen molar-refractivity contribution >= 4 is 85.5 Å². The van der Waals surface area contributed by atoms with Gasteiger partial charge in [0.05, 0.1) is 12.1 Å². The molecule has 0 bridgehead atoms. The lowest BCUT2D eigenvalue weighted by Gasteiger charge is -2.10. The predicted octanol–water partition coefficient (Wildman–Crippen LogP) is 3.52. The van der Waals surface area contributed by atoms with Crippen LogP contribution in [0, 0.1) is 10.7 Å². The van der Waals surface area contributed by atoms with Crippen molar-refractivity contribution < 1.29 is 19.4 Å². The molecule has 0 aliphatic rings. The number of benzene rings is 1. The lowest BCUT2D eigenvalue weighted by molar-refractivity contribution is -0.137. The number of amides is 1. The zero-order valence-corrected chi connectivity index (χ0v) is 15.3. The van der Waals surface area contributed by atoms with Gasteiger partial charge in [-0.1, -0.05) is 0 Å². The van der Waals surface area contributed by atoms with Gasteiger partial charge in [-0.2, -0.15) is 0 Å². The summed E-state index contributed by atoms with van der Waals surface area (Å²) < 4.78 is 7.64. The Hall–Kier alpha value is 0.150. The van der Waals surface area contributed by atoms with E-state index in [1.165, 1.54) is 0 Å². The van der Waals surface area contributed by atoms with Crippen LogP contribution >= 0.6 is 67.8 Å². The first-order valence-electron chi connectivity index (χ1n) is 4.70. The summed E-state index contributed by atoms with van der Waals surface area (Å²) in [5, 5.41) is 11.0. The number of carboxylic acids is 1. The SMILES string of the molecule is O=C(O)CCOC(=O)Nc1c(I)cc(I)cc1I. The number of rotatable bonds is 4. The van der Waals surface area contributed by atoms with Crippen molar-refractivity contribution in [2.45, 2.75) is 6.42 Å². The van der Waals surface area contributed by atoms with Crippen LogP contribution in [0.5, 0.6) is 0 Å². The van der Waals surface area contributed by atoms with E-state index in [4.69, 9.17) is 9.84 Å². The van der Waals surface area contributed by atoms with Gasteiger partial charge in [0.15, 0.2) is 0 Å². The number of carbonyl (C=O) groups is 2. The molecule has 0 fully saturated rings. The van der Waals surface area contributed by atoms with E-state index in [1.54, 1.807) is 0 Å². The molecule has 5 nitrogen and oxygen atoms in total. The lowest BCUT2D eigenvalue weighted by Crippen LogP contribution is -2.17. The molecule has 0 aliphatic heterocycles. The third-order valence-electron chi connectivity index (χ3n) is 1.78. The summed E-state index contributed by atoms with van der Waals surface area (Å²) in [6, 6.07) is 3.85. The van der Waals surface area contributed by atoms with Crippen LogP contribution in [-0.2, 0) is 9.53 Å². The highest BCUT2D eigenvalue weighted by molar-refractivity contribution is 14.1. The van der Waals surface area contributed by atoms with E-state index in [-0.39, 0.29) is 13.0 Å². The molecule has 1 amide bonds. The number of hydrogen-bond acceptors (Lipinski definition) is 3. The summed E-state index contributed by atoms with van der Waals surface area (Å²) in [6.45, 7) is -0.140. The van der Waals surface area contributed by atoms with Gasteiger partial charge in [0.1, 0.15) is 6.61 Å². The number of ether oxygens (including phenoxy) is 1.